The number of likely N-dealkylation sites (tertiary alicyclic amines) is 2. The van der Waals surface area contributed by atoms with E-state index in [4.69, 9.17) is 9.47 Å². The van der Waals surface area contributed by atoms with E-state index in [0.717, 1.165) is 55.6 Å². The molecule has 2 aliphatic heterocycles. The number of ether oxygens (including phenoxy) is 2. The second kappa shape index (κ2) is 17.4. The summed E-state index contributed by atoms with van der Waals surface area (Å²) < 4.78 is 11.6. The van der Waals surface area contributed by atoms with E-state index in [0.29, 0.717) is 25.7 Å². The zero-order chi connectivity index (χ0) is 42.7. The first-order valence-corrected chi connectivity index (χ1v) is 21.1. The topological polar surface area (TPSA) is 134 Å². The van der Waals surface area contributed by atoms with Crippen molar-refractivity contribution in [2.24, 2.45) is 0 Å². The second-order valence-corrected chi connectivity index (χ2v) is 16.1. The van der Waals surface area contributed by atoms with Gasteiger partial charge in [-0.15, -0.1) is 0 Å². The molecule has 0 aromatic heterocycles. The third-order valence-corrected chi connectivity index (χ3v) is 12.8. The van der Waals surface area contributed by atoms with E-state index < -0.39 is 36.2 Å². The van der Waals surface area contributed by atoms with Gasteiger partial charge in [0, 0.05) is 11.8 Å². The summed E-state index contributed by atoms with van der Waals surface area (Å²) in [6, 6.07) is 49.4. The van der Waals surface area contributed by atoms with Gasteiger partial charge in [0.15, 0.2) is 0 Å². The van der Waals surface area contributed by atoms with Gasteiger partial charge in [-0.3, -0.25) is 9.80 Å². The molecule has 4 aliphatic rings. The molecule has 6 aromatic rings. The molecule has 10 rings (SSSR count). The number of benzene rings is 6. The molecule has 2 N–H and O–H groups in total. The monoisotopic (exact) mass is 826 g/mol. The molecule has 312 valence electrons. The molecule has 0 saturated carbocycles. The fourth-order valence-corrected chi connectivity index (χ4v) is 9.96. The molecule has 0 spiro atoms. The molecular formula is C52H46N2O8. The first-order chi connectivity index (χ1) is 30.3. The minimum absolute atomic E-state index is 0.0580. The highest BCUT2D eigenvalue weighted by Gasteiger charge is 2.44. The van der Waals surface area contributed by atoms with Gasteiger partial charge in [-0.05, 0) is 81.3 Å². The second-order valence-electron chi connectivity index (χ2n) is 16.1. The molecule has 2 fully saturated rings. The van der Waals surface area contributed by atoms with E-state index in [1.807, 2.05) is 109 Å². The molecule has 0 unspecified atom stereocenters. The zero-order valence-corrected chi connectivity index (χ0v) is 34.0. The number of aliphatic carboxylic acids is 2. The van der Waals surface area contributed by atoms with Crippen LogP contribution >= 0.6 is 0 Å². The number of nitrogens with zero attached hydrogens (tertiary/aromatic N) is 2. The van der Waals surface area contributed by atoms with Crippen LogP contribution in [0.2, 0.25) is 0 Å². The normalized spacial score (nSPS) is 19.7. The summed E-state index contributed by atoms with van der Waals surface area (Å²) in [5.74, 6) is -2.10. The highest BCUT2D eigenvalue weighted by Crippen LogP contribution is 2.47. The quantitative estimate of drug-likeness (QED) is 0.155. The first kappa shape index (κ1) is 40.2. The Labute approximate surface area is 360 Å². The van der Waals surface area contributed by atoms with Crippen molar-refractivity contribution in [3.8, 4) is 22.3 Å². The predicted molar refractivity (Wildman–Crippen MR) is 233 cm³/mol. The van der Waals surface area contributed by atoms with Gasteiger partial charge in [0.05, 0.1) is 12.1 Å². The summed E-state index contributed by atoms with van der Waals surface area (Å²) in [6.07, 6.45) is 0.898. The van der Waals surface area contributed by atoms with Crippen molar-refractivity contribution in [3.05, 3.63) is 191 Å². The van der Waals surface area contributed by atoms with Gasteiger partial charge in [-0.2, -0.15) is 0 Å². The lowest BCUT2D eigenvalue weighted by Gasteiger charge is -2.28. The van der Waals surface area contributed by atoms with Crippen LogP contribution in [0.15, 0.2) is 158 Å². The van der Waals surface area contributed by atoms with Crippen LogP contribution in [0.1, 0.15) is 83.0 Å². The Bertz CT molecular complexity index is 2340. The number of carboxylic acid groups (broad SMARTS) is 2. The number of fused-ring (bicyclic) bond motifs is 6. The Kier molecular flexibility index (Phi) is 11.3. The fraction of sp³-hybridized carbons (Fsp3) is 0.231. The van der Waals surface area contributed by atoms with Gasteiger partial charge in [0.2, 0.25) is 0 Å². The number of hydrogen-bond acceptors (Lipinski definition) is 6. The molecule has 0 bridgehead atoms. The maximum Gasteiger partial charge on any atom is 0.411 e. The maximum atomic E-state index is 13.2. The Morgan fingerprint density at radius 2 is 0.710 bits per heavy atom. The van der Waals surface area contributed by atoms with Crippen molar-refractivity contribution >= 4 is 24.1 Å². The van der Waals surface area contributed by atoms with Crippen molar-refractivity contribution in [1.29, 1.82) is 0 Å². The summed E-state index contributed by atoms with van der Waals surface area (Å²) in [5, 5.41) is 19.4. The Morgan fingerprint density at radius 1 is 0.419 bits per heavy atom. The minimum atomic E-state index is -0.994. The number of amides is 2. The summed E-state index contributed by atoms with van der Waals surface area (Å²) >= 11 is 0. The van der Waals surface area contributed by atoms with Gasteiger partial charge in [-0.25, -0.2) is 19.2 Å². The van der Waals surface area contributed by atoms with E-state index in [-0.39, 0.29) is 37.1 Å². The van der Waals surface area contributed by atoms with Crippen molar-refractivity contribution in [2.45, 2.75) is 61.7 Å². The molecule has 6 aromatic carbocycles. The molecule has 10 nitrogen and oxygen atoms in total. The highest BCUT2D eigenvalue weighted by atomic mass is 16.6. The molecule has 2 amide bonds. The van der Waals surface area contributed by atoms with E-state index in [9.17, 15) is 29.4 Å². The summed E-state index contributed by atoms with van der Waals surface area (Å²) in [6.45, 7) is 0.356. The minimum Gasteiger partial charge on any atom is -0.480 e. The van der Waals surface area contributed by atoms with Crippen LogP contribution in [0, 0.1) is 0 Å². The molecular weight excluding hydrogens is 781 g/mol. The predicted octanol–water partition coefficient (Wildman–Crippen LogP) is 10.5. The summed E-state index contributed by atoms with van der Waals surface area (Å²) in [5.41, 5.74) is 11.0. The third-order valence-electron chi connectivity index (χ3n) is 12.8. The van der Waals surface area contributed by atoms with E-state index >= 15 is 0 Å². The molecule has 10 heteroatoms. The average molecular weight is 827 g/mol. The van der Waals surface area contributed by atoms with Gasteiger partial charge in [0.25, 0.3) is 0 Å². The van der Waals surface area contributed by atoms with Crippen LogP contribution < -0.4 is 0 Å². The number of carbonyl (C=O) groups is 4. The summed E-state index contributed by atoms with van der Waals surface area (Å²) in [7, 11) is 0. The Balaban J connectivity index is 0.000000158. The van der Waals surface area contributed by atoms with Crippen LogP contribution in [0.3, 0.4) is 0 Å². The smallest absolute Gasteiger partial charge is 0.411 e. The molecule has 62 heavy (non-hydrogen) atoms. The van der Waals surface area contributed by atoms with Crippen LogP contribution in [0.4, 0.5) is 9.59 Å². The number of carbonyl (C=O) groups excluding carboxylic acids is 2. The first-order valence-electron chi connectivity index (χ1n) is 21.1. The zero-order valence-electron chi connectivity index (χ0n) is 34.0. The van der Waals surface area contributed by atoms with Gasteiger partial charge in [-0.1, -0.05) is 158 Å². The van der Waals surface area contributed by atoms with Crippen molar-refractivity contribution in [1.82, 2.24) is 9.80 Å². The lowest BCUT2D eigenvalue weighted by molar-refractivity contribution is -0.143. The number of carboxylic acids is 2. The maximum absolute atomic E-state index is 13.2. The van der Waals surface area contributed by atoms with Gasteiger partial charge < -0.3 is 19.7 Å². The lowest BCUT2D eigenvalue weighted by Crippen LogP contribution is -2.42. The average Bonchev–Trinajstić information content (AvgIpc) is 4.10. The molecule has 2 aliphatic carbocycles. The molecule has 4 atom stereocenters. The lowest BCUT2D eigenvalue weighted by atomic mass is 9.98. The Morgan fingerprint density at radius 3 is 1.02 bits per heavy atom. The highest BCUT2D eigenvalue weighted by molar-refractivity contribution is 5.83. The Hall–Kier alpha value is -7.20. The van der Waals surface area contributed by atoms with Crippen LogP contribution in [-0.2, 0) is 19.1 Å². The molecule has 0 radical (unpaired) electrons. The van der Waals surface area contributed by atoms with Crippen LogP contribution in [0.5, 0.6) is 0 Å². The van der Waals surface area contributed by atoms with Gasteiger partial charge in [0.1, 0.15) is 25.3 Å². The van der Waals surface area contributed by atoms with E-state index in [1.54, 1.807) is 0 Å². The largest absolute Gasteiger partial charge is 0.480 e. The standard InChI is InChI=1S/2C26H23NO4/c2*28-25(29)24-15-14-23(17-8-2-1-3-9-17)27(24)26(30)31-16-22-20-12-6-4-10-18(20)19-11-5-7-13-21(19)22/h2*1-13,22-24H,14-16H2,(H,28,29)/t2*23-,24+/m10/s1. The summed E-state index contributed by atoms with van der Waals surface area (Å²) in [4.78, 5) is 52.8. The van der Waals surface area contributed by atoms with Crippen LogP contribution in [0.25, 0.3) is 22.3 Å². The number of rotatable bonds is 8. The third kappa shape index (κ3) is 7.57. The van der Waals surface area contributed by atoms with Crippen molar-refractivity contribution in [2.75, 3.05) is 13.2 Å². The fourth-order valence-electron chi connectivity index (χ4n) is 9.96. The van der Waals surface area contributed by atoms with E-state index in [1.165, 1.54) is 9.80 Å². The molecule has 2 heterocycles. The molecule has 2 saturated heterocycles. The van der Waals surface area contributed by atoms with Crippen molar-refractivity contribution < 1.29 is 38.9 Å². The SMILES string of the molecule is O=C(O)[C@@H]1CC[C@H](c2ccccc2)N1C(=O)OCC1c2ccccc2-c2ccccc21.O=C(O)[C@H]1CC[C@@H](c2ccccc2)N1C(=O)OCC1c2ccccc2-c2ccccc21. The number of hydrogen-bond donors (Lipinski definition) is 2. The van der Waals surface area contributed by atoms with Gasteiger partial charge >= 0.3 is 24.1 Å². The van der Waals surface area contributed by atoms with E-state index in [2.05, 4.69) is 48.5 Å². The van der Waals surface area contributed by atoms with Crippen LogP contribution in [-0.4, -0.2) is 69.4 Å². The van der Waals surface area contributed by atoms with Crippen molar-refractivity contribution in [3.63, 3.8) is 0 Å².